The van der Waals surface area contributed by atoms with E-state index < -0.39 is 0 Å². The Hall–Kier alpha value is -1.67. The van der Waals surface area contributed by atoms with E-state index in [1.165, 1.54) is 0 Å². The third kappa shape index (κ3) is 1.75. The summed E-state index contributed by atoms with van der Waals surface area (Å²) in [6, 6.07) is 2.12. The molecule has 1 aromatic rings. The van der Waals surface area contributed by atoms with Crippen LogP contribution >= 0.6 is 0 Å². The Morgan fingerprint density at radius 2 is 1.82 bits per heavy atom. The molecule has 88 valence electrons. The van der Waals surface area contributed by atoms with Crippen molar-refractivity contribution in [3.05, 3.63) is 18.1 Å². The van der Waals surface area contributed by atoms with E-state index >= 15 is 0 Å². The van der Waals surface area contributed by atoms with Crippen LogP contribution in [-0.4, -0.2) is 48.1 Å². The Labute approximate surface area is 101 Å². The first kappa shape index (κ1) is 10.5. The van der Waals surface area contributed by atoms with Crippen LogP contribution in [-0.2, 0) is 0 Å². The third-order valence-electron chi connectivity index (χ3n) is 3.75. The Morgan fingerprint density at radius 1 is 1.18 bits per heavy atom. The summed E-state index contributed by atoms with van der Waals surface area (Å²) in [5, 5.41) is 9.04. The van der Waals surface area contributed by atoms with Crippen LogP contribution in [0.25, 0.3) is 0 Å². The van der Waals surface area contributed by atoms with Crippen LogP contribution in [0.5, 0.6) is 0 Å². The van der Waals surface area contributed by atoms with Crippen LogP contribution in [0.4, 0.5) is 5.82 Å². The van der Waals surface area contributed by atoms with Crippen LogP contribution in [0, 0.1) is 23.2 Å². The van der Waals surface area contributed by atoms with Gasteiger partial charge >= 0.3 is 0 Å². The van der Waals surface area contributed by atoms with Gasteiger partial charge in [0.05, 0.1) is 0 Å². The molecule has 2 fully saturated rings. The summed E-state index contributed by atoms with van der Waals surface area (Å²) >= 11 is 0. The van der Waals surface area contributed by atoms with E-state index in [2.05, 4.69) is 32.9 Å². The van der Waals surface area contributed by atoms with Gasteiger partial charge in [0, 0.05) is 38.6 Å². The van der Waals surface area contributed by atoms with Crippen molar-refractivity contribution in [2.24, 2.45) is 11.8 Å². The lowest BCUT2D eigenvalue weighted by atomic mass is 10.0. The monoisotopic (exact) mass is 229 g/mol. The number of rotatable bonds is 1. The molecular formula is C12H15N5. The summed E-state index contributed by atoms with van der Waals surface area (Å²) in [7, 11) is 2.17. The highest BCUT2D eigenvalue weighted by Gasteiger charge is 2.39. The number of anilines is 1. The molecule has 0 radical (unpaired) electrons. The van der Waals surface area contributed by atoms with Gasteiger partial charge in [0.2, 0.25) is 0 Å². The molecule has 5 heteroatoms. The molecule has 0 aliphatic carbocycles. The minimum atomic E-state index is 0.445. The van der Waals surface area contributed by atoms with Gasteiger partial charge in [-0.25, -0.2) is 9.97 Å². The molecule has 0 amide bonds. The molecular weight excluding hydrogens is 214 g/mol. The Morgan fingerprint density at radius 3 is 2.47 bits per heavy atom. The number of hydrogen-bond acceptors (Lipinski definition) is 5. The number of likely N-dealkylation sites (tertiary alicyclic amines) is 1. The Kier molecular flexibility index (Phi) is 2.45. The first-order chi connectivity index (χ1) is 8.28. The lowest BCUT2D eigenvalue weighted by molar-refractivity contribution is 0.387. The number of nitrogens with zero attached hydrogens (tertiary/aromatic N) is 5. The minimum absolute atomic E-state index is 0.445. The molecule has 0 aromatic carbocycles. The fraction of sp³-hybridized carbons (Fsp3) is 0.583. The van der Waals surface area contributed by atoms with Crippen molar-refractivity contribution >= 4 is 5.82 Å². The fourth-order valence-electron chi connectivity index (χ4n) is 3.04. The molecule has 5 nitrogen and oxygen atoms in total. The topological polar surface area (TPSA) is 56.1 Å². The predicted molar refractivity (Wildman–Crippen MR) is 63.4 cm³/mol. The van der Waals surface area contributed by atoms with Crippen molar-refractivity contribution in [1.29, 1.82) is 5.26 Å². The van der Waals surface area contributed by atoms with Crippen LogP contribution in [0.15, 0.2) is 12.4 Å². The van der Waals surface area contributed by atoms with Gasteiger partial charge in [-0.2, -0.15) is 5.26 Å². The molecule has 2 unspecified atom stereocenters. The number of nitriles is 1. The van der Waals surface area contributed by atoms with Crippen LogP contribution in [0.3, 0.4) is 0 Å². The van der Waals surface area contributed by atoms with Crippen molar-refractivity contribution in [2.45, 2.75) is 0 Å². The molecule has 0 saturated carbocycles. The predicted octanol–water partition coefficient (Wildman–Crippen LogP) is 0.346. The first-order valence-electron chi connectivity index (χ1n) is 5.92. The number of fused-ring (bicyclic) bond motifs is 1. The lowest BCUT2D eigenvalue weighted by Gasteiger charge is -2.20. The lowest BCUT2D eigenvalue weighted by Crippen LogP contribution is -2.28. The van der Waals surface area contributed by atoms with E-state index in [1.807, 2.05) is 0 Å². The van der Waals surface area contributed by atoms with Crippen molar-refractivity contribution in [1.82, 2.24) is 14.9 Å². The fourth-order valence-corrected chi connectivity index (χ4v) is 3.04. The van der Waals surface area contributed by atoms with Crippen molar-refractivity contribution in [3.63, 3.8) is 0 Å². The van der Waals surface area contributed by atoms with Gasteiger partial charge in [-0.1, -0.05) is 0 Å². The van der Waals surface area contributed by atoms with Crippen molar-refractivity contribution in [2.75, 3.05) is 38.1 Å². The second-order valence-corrected chi connectivity index (χ2v) is 4.99. The molecule has 2 aliphatic rings. The standard InChI is InChI=1S/C12H15N5/c1-16-5-9-7-17(8-10(9)6-16)12-11(4-13)14-2-3-15-12/h2-3,9-10H,5-8H2,1H3. The maximum absolute atomic E-state index is 9.04. The van der Waals surface area contributed by atoms with E-state index in [9.17, 15) is 0 Å². The average molecular weight is 229 g/mol. The zero-order valence-corrected chi connectivity index (χ0v) is 9.87. The molecule has 2 aliphatic heterocycles. The highest BCUT2D eigenvalue weighted by atomic mass is 15.3. The van der Waals surface area contributed by atoms with Crippen LogP contribution in [0.2, 0.25) is 0 Å². The summed E-state index contributed by atoms with van der Waals surface area (Å²) in [6.45, 7) is 4.32. The van der Waals surface area contributed by atoms with Crippen molar-refractivity contribution < 1.29 is 0 Å². The van der Waals surface area contributed by atoms with E-state index in [-0.39, 0.29) is 0 Å². The van der Waals surface area contributed by atoms with Crippen LogP contribution in [0.1, 0.15) is 5.69 Å². The molecule has 1 aromatic heterocycles. The van der Waals surface area contributed by atoms with E-state index in [0.29, 0.717) is 17.5 Å². The summed E-state index contributed by atoms with van der Waals surface area (Å²) in [5.41, 5.74) is 0.445. The average Bonchev–Trinajstić information content (AvgIpc) is 2.86. The third-order valence-corrected chi connectivity index (χ3v) is 3.75. The maximum Gasteiger partial charge on any atom is 0.183 e. The SMILES string of the molecule is CN1CC2CN(c3nccnc3C#N)CC2C1. The van der Waals surface area contributed by atoms with E-state index in [4.69, 9.17) is 5.26 Å². The maximum atomic E-state index is 9.04. The molecule has 3 rings (SSSR count). The molecule has 0 N–H and O–H groups in total. The quantitative estimate of drug-likeness (QED) is 0.695. The van der Waals surface area contributed by atoms with Crippen LogP contribution < -0.4 is 4.90 Å². The number of hydrogen-bond donors (Lipinski definition) is 0. The van der Waals surface area contributed by atoms with Gasteiger partial charge in [-0.05, 0) is 18.9 Å². The molecule has 2 atom stereocenters. The van der Waals surface area contributed by atoms with Crippen molar-refractivity contribution in [3.8, 4) is 6.07 Å². The van der Waals surface area contributed by atoms with E-state index in [1.54, 1.807) is 12.4 Å². The molecule has 2 saturated heterocycles. The highest BCUT2D eigenvalue weighted by molar-refractivity contribution is 5.50. The smallest absolute Gasteiger partial charge is 0.183 e. The van der Waals surface area contributed by atoms with Gasteiger partial charge in [-0.3, -0.25) is 0 Å². The molecule has 0 bridgehead atoms. The highest BCUT2D eigenvalue weighted by Crippen LogP contribution is 2.32. The molecule has 3 heterocycles. The first-order valence-corrected chi connectivity index (χ1v) is 5.92. The van der Waals surface area contributed by atoms with Gasteiger partial charge < -0.3 is 9.80 Å². The van der Waals surface area contributed by atoms with Gasteiger partial charge in [-0.15, -0.1) is 0 Å². The molecule has 0 spiro atoms. The second kappa shape index (κ2) is 3.97. The summed E-state index contributed by atoms with van der Waals surface area (Å²) in [4.78, 5) is 13.0. The van der Waals surface area contributed by atoms with Gasteiger partial charge in [0.25, 0.3) is 0 Å². The van der Waals surface area contributed by atoms with E-state index in [0.717, 1.165) is 32.0 Å². The molecule has 17 heavy (non-hydrogen) atoms. The normalized spacial score (nSPS) is 28.1. The zero-order valence-electron chi connectivity index (χ0n) is 9.87. The Bertz CT molecular complexity index is 452. The van der Waals surface area contributed by atoms with Gasteiger partial charge in [0.15, 0.2) is 11.5 Å². The minimum Gasteiger partial charge on any atom is -0.354 e. The van der Waals surface area contributed by atoms with Gasteiger partial charge in [0.1, 0.15) is 6.07 Å². The number of aromatic nitrogens is 2. The summed E-state index contributed by atoms with van der Waals surface area (Å²) < 4.78 is 0. The summed E-state index contributed by atoms with van der Waals surface area (Å²) in [5.74, 6) is 2.19. The summed E-state index contributed by atoms with van der Waals surface area (Å²) in [6.07, 6.45) is 3.24. The second-order valence-electron chi connectivity index (χ2n) is 4.99. The Balaban J connectivity index is 1.82. The zero-order chi connectivity index (χ0) is 11.8. The largest absolute Gasteiger partial charge is 0.354 e.